The fourth-order valence-electron chi connectivity index (χ4n) is 2.31. The maximum Gasteiger partial charge on any atom is 0.309 e. The van der Waals surface area contributed by atoms with E-state index < -0.39 is 0 Å². The normalized spacial score (nSPS) is 19.8. The van der Waals surface area contributed by atoms with Crippen molar-refractivity contribution in [2.24, 2.45) is 16.7 Å². The van der Waals surface area contributed by atoms with Crippen LogP contribution in [0.3, 0.4) is 0 Å². The average Bonchev–Trinajstić information content (AvgIpc) is 3.16. The second-order valence-corrected chi connectivity index (χ2v) is 8.59. The molecule has 0 N–H and O–H groups in total. The van der Waals surface area contributed by atoms with Crippen LogP contribution in [-0.4, -0.2) is 38.5 Å². The van der Waals surface area contributed by atoms with Crippen molar-refractivity contribution in [3.63, 3.8) is 0 Å². The summed E-state index contributed by atoms with van der Waals surface area (Å²) in [5.41, 5.74) is 0.0490. The number of ether oxygens (including phenoxy) is 3. The first-order valence-corrected chi connectivity index (χ1v) is 8.45. The Bertz CT molecular complexity index is 334. The molecule has 0 aromatic rings. The lowest BCUT2D eigenvalue weighted by molar-refractivity contribution is -0.154. The molecule has 1 rings (SSSR count). The van der Waals surface area contributed by atoms with Crippen molar-refractivity contribution >= 4 is 5.97 Å². The van der Waals surface area contributed by atoms with Crippen LogP contribution in [0.15, 0.2) is 0 Å². The number of hydrogen-bond acceptors (Lipinski definition) is 4. The Labute approximate surface area is 135 Å². The molecule has 0 amide bonds. The third-order valence-electron chi connectivity index (χ3n) is 3.78. The van der Waals surface area contributed by atoms with Gasteiger partial charge in [0.25, 0.3) is 0 Å². The van der Waals surface area contributed by atoms with E-state index >= 15 is 0 Å². The summed E-state index contributed by atoms with van der Waals surface area (Å²) in [6, 6.07) is 0. The van der Waals surface area contributed by atoms with Gasteiger partial charge in [-0.2, -0.15) is 0 Å². The smallest absolute Gasteiger partial charge is 0.309 e. The molecule has 1 aliphatic heterocycles. The minimum Gasteiger partial charge on any atom is -0.465 e. The molecule has 4 nitrogen and oxygen atoms in total. The molecule has 0 aromatic heterocycles. The molecule has 130 valence electrons. The summed E-state index contributed by atoms with van der Waals surface area (Å²) in [5, 5.41) is 0. The summed E-state index contributed by atoms with van der Waals surface area (Å²) in [7, 11) is 0. The third kappa shape index (κ3) is 8.74. The van der Waals surface area contributed by atoms with Gasteiger partial charge in [-0.1, -0.05) is 41.5 Å². The molecule has 1 heterocycles. The summed E-state index contributed by atoms with van der Waals surface area (Å²) < 4.78 is 16.0. The van der Waals surface area contributed by atoms with E-state index in [0.29, 0.717) is 25.9 Å². The Hall–Kier alpha value is -0.610. The van der Waals surface area contributed by atoms with Crippen molar-refractivity contribution < 1.29 is 19.0 Å². The summed E-state index contributed by atoms with van der Waals surface area (Å²) in [6.07, 6.45) is 2.94. The van der Waals surface area contributed by atoms with E-state index in [9.17, 15) is 4.79 Å². The van der Waals surface area contributed by atoms with Gasteiger partial charge in [-0.05, 0) is 30.1 Å². The number of epoxide rings is 1. The highest BCUT2D eigenvalue weighted by molar-refractivity contribution is 5.73. The van der Waals surface area contributed by atoms with Crippen LogP contribution in [0.25, 0.3) is 0 Å². The molecule has 1 aliphatic rings. The van der Waals surface area contributed by atoms with Crippen LogP contribution >= 0.6 is 0 Å². The van der Waals surface area contributed by atoms with Crippen LogP contribution < -0.4 is 0 Å². The number of carbonyl (C=O) groups excluding carboxylic acids is 1. The molecule has 22 heavy (non-hydrogen) atoms. The lowest BCUT2D eigenvalue weighted by Gasteiger charge is -2.33. The average molecular weight is 314 g/mol. The maximum atomic E-state index is 12.4. The van der Waals surface area contributed by atoms with Gasteiger partial charge in [0, 0.05) is 6.61 Å². The van der Waals surface area contributed by atoms with Crippen LogP contribution in [0.1, 0.15) is 60.8 Å². The van der Waals surface area contributed by atoms with Gasteiger partial charge >= 0.3 is 5.97 Å². The molecule has 0 aliphatic carbocycles. The molecule has 0 saturated carbocycles. The molecule has 2 atom stereocenters. The van der Waals surface area contributed by atoms with Crippen LogP contribution in [0, 0.1) is 16.7 Å². The second-order valence-electron chi connectivity index (χ2n) is 8.59. The van der Waals surface area contributed by atoms with Gasteiger partial charge in [0.2, 0.25) is 0 Å². The summed E-state index contributed by atoms with van der Waals surface area (Å²) in [6.45, 7) is 15.5. The molecular weight excluding hydrogens is 280 g/mol. The van der Waals surface area contributed by atoms with Crippen LogP contribution in [0.4, 0.5) is 0 Å². The first-order chi connectivity index (χ1) is 10.1. The quantitative estimate of drug-likeness (QED) is 0.369. The number of esters is 1. The van der Waals surface area contributed by atoms with E-state index in [0.717, 1.165) is 25.9 Å². The van der Waals surface area contributed by atoms with Crippen molar-refractivity contribution in [3.05, 3.63) is 0 Å². The fraction of sp³-hybridized carbons (Fsp3) is 0.944. The van der Waals surface area contributed by atoms with Crippen LogP contribution in [0.2, 0.25) is 0 Å². The summed E-state index contributed by atoms with van der Waals surface area (Å²) in [5.74, 6) is -0.120. The van der Waals surface area contributed by atoms with Crippen molar-refractivity contribution in [1.29, 1.82) is 0 Å². The molecule has 0 bridgehead atoms. The van der Waals surface area contributed by atoms with Crippen molar-refractivity contribution in [1.82, 2.24) is 0 Å². The zero-order valence-corrected chi connectivity index (χ0v) is 15.2. The SMILES string of the molecule is CC(C)(C)CC(C(=O)OCCCCOCC1CO1)C(C)(C)C. The van der Waals surface area contributed by atoms with Gasteiger partial charge in [0.05, 0.1) is 25.7 Å². The van der Waals surface area contributed by atoms with E-state index in [1.165, 1.54) is 0 Å². The molecule has 0 radical (unpaired) electrons. The van der Waals surface area contributed by atoms with E-state index in [1.54, 1.807) is 0 Å². The molecule has 0 aromatic carbocycles. The molecular formula is C18H34O4. The zero-order valence-electron chi connectivity index (χ0n) is 15.2. The van der Waals surface area contributed by atoms with E-state index in [2.05, 4.69) is 41.5 Å². The summed E-state index contributed by atoms with van der Waals surface area (Å²) in [4.78, 5) is 12.4. The lowest BCUT2D eigenvalue weighted by atomic mass is 9.72. The van der Waals surface area contributed by atoms with Gasteiger partial charge in [-0.15, -0.1) is 0 Å². The largest absolute Gasteiger partial charge is 0.465 e. The van der Waals surface area contributed by atoms with Crippen molar-refractivity contribution in [3.8, 4) is 0 Å². The molecule has 4 heteroatoms. The van der Waals surface area contributed by atoms with Crippen LogP contribution in [-0.2, 0) is 19.0 Å². The van der Waals surface area contributed by atoms with E-state index in [-0.39, 0.29) is 22.7 Å². The first kappa shape index (κ1) is 19.4. The third-order valence-corrected chi connectivity index (χ3v) is 3.78. The first-order valence-electron chi connectivity index (χ1n) is 8.45. The Balaban J connectivity index is 2.21. The monoisotopic (exact) mass is 314 g/mol. The number of rotatable bonds is 9. The molecule has 2 unspecified atom stereocenters. The second kappa shape index (κ2) is 8.30. The standard InChI is InChI=1S/C18H34O4/c1-17(2,3)11-15(18(4,5)6)16(19)21-10-8-7-9-20-12-14-13-22-14/h14-15H,7-13H2,1-6H3. The zero-order chi connectivity index (χ0) is 16.8. The number of carbonyl (C=O) groups is 1. The van der Waals surface area contributed by atoms with Gasteiger partial charge in [-0.3, -0.25) is 4.79 Å². The lowest BCUT2D eigenvalue weighted by Crippen LogP contribution is -2.33. The molecule has 1 fully saturated rings. The maximum absolute atomic E-state index is 12.4. The minimum atomic E-state index is -0.0717. The fourth-order valence-corrected chi connectivity index (χ4v) is 2.31. The van der Waals surface area contributed by atoms with E-state index in [1.807, 2.05) is 0 Å². The predicted molar refractivity (Wildman–Crippen MR) is 87.8 cm³/mol. The van der Waals surface area contributed by atoms with Crippen molar-refractivity contribution in [2.45, 2.75) is 66.9 Å². The minimum absolute atomic E-state index is 0.0595. The van der Waals surface area contributed by atoms with E-state index in [4.69, 9.17) is 14.2 Å². The van der Waals surface area contributed by atoms with Crippen molar-refractivity contribution in [2.75, 3.05) is 26.4 Å². The Morgan fingerprint density at radius 1 is 1.14 bits per heavy atom. The molecule has 0 spiro atoms. The number of hydrogen-bond donors (Lipinski definition) is 0. The van der Waals surface area contributed by atoms with Gasteiger partial charge in [0.15, 0.2) is 0 Å². The Morgan fingerprint density at radius 2 is 1.73 bits per heavy atom. The van der Waals surface area contributed by atoms with Crippen LogP contribution in [0.5, 0.6) is 0 Å². The molecule has 1 saturated heterocycles. The highest BCUT2D eigenvalue weighted by Crippen LogP contribution is 2.36. The highest BCUT2D eigenvalue weighted by atomic mass is 16.6. The summed E-state index contributed by atoms with van der Waals surface area (Å²) >= 11 is 0. The van der Waals surface area contributed by atoms with Gasteiger partial charge < -0.3 is 14.2 Å². The Morgan fingerprint density at radius 3 is 2.23 bits per heavy atom. The predicted octanol–water partition coefficient (Wildman–Crippen LogP) is 3.82. The number of unbranched alkanes of at least 4 members (excludes halogenated alkanes) is 1. The van der Waals surface area contributed by atoms with Gasteiger partial charge in [-0.25, -0.2) is 0 Å². The Kier molecular flexibility index (Phi) is 7.33. The van der Waals surface area contributed by atoms with Gasteiger partial charge in [0.1, 0.15) is 6.10 Å². The topological polar surface area (TPSA) is 48.1 Å². The highest BCUT2D eigenvalue weighted by Gasteiger charge is 2.35.